The van der Waals surface area contributed by atoms with Crippen LogP contribution in [0.25, 0.3) is 11.0 Å². The second-order valence-electron chi connectivity index (χ2n) is 3.65. The van der Waals surface area contributed by atoms with Crippen molar-refractivity contribution in [3.63, 3.8) is 0 Å². The molecule has 0 spiro atoms. The van der Waals surface area contributed by atoms with Crippen molar-refractivity contribution in [3.8, 4) is 0 Å². The van der Waals surface area contributed by atoms with Crippen LogP contribution in [0.5, 0.6) is 0 Å². The lowest BCUT2D eigenvalue weighted by atomic mass is 10.1. The number of carboxylic acids is 1. The van der Waals surface area contributed by atoms with Crippen molar-refractivity contribution >= 4 is 34.5 Å². The van der Waals surface area contributed by atoms with E-state index >= 15 is 0 Å². The highest BCUT2D eigenvalue weighted by molar-refractivity contribution is 8.00. The summed E-state index contributed by atoms with van der Waals surface area (Å²) in [5.41, 5.74) is 1.33. The maximum Gasteiger partial charge on any atom is 0.323 e. The lowest BCUT2D eigenvalue weighted by molar-refractivity contribution is -0.133. The van der Waals surface area contributed by atoms with E-state index < -0.39 is 5.97 Å². The van der Waals surface area contributed by atoms with Crippen LogP contribution in [-0.2, 0) is 4.79 Å². The van der Waals surface area contributed by atoms with Crippen LogP contribution in [0.15, 0.2) is 23.0 Å². The maximum atomic E-state index is 11.8. The lowest BCUT2D eigenvalue weighted by Crippen LogP contribution is -2.06. The van der Waals surface area contributed by atoms with E-state index in [0.29, 0.717) is 16.6 Å². The molecule has 94 valence electrons. The highest BCUT2D eigenvalue weighted by atomic mass is 32.2. The molecule has 3 N–H and O–H groups in total. The normalized spacial score (nSPS) is 10.7. The number of thioether (sulfide) groups is 1. The number of hydrogen-bond acceptors (Lipinski definition) is 4. The Kier molecular flexibility index (Phi) is 3.52. The zero-order valence-electron chi connectivity index (χ0n) is 9.23. The molecule has 1 heterocycles. The van der Waals surface area contributed by atoms with Crippen molar-refractivity contribution in [1.29, 1.82) is 0 Å². The van der Waals surface area contributed by atoms with Gasteiger partial charge in [0, 0.05) is 5.56 Å². The van der Waals surface area contributed by atoms with Gasteiger partial charge in [0.25, 0.3) is 0 Å². The van der Waals surface area contributed by atoms with Crippen molar-refractivity contribution in [2.45, 2.75) is 0 Å². The van der Waals surface area contributed by atoms with Gasteiger partial charge in [0.05, 0.1) is 22.5 Å². The van der Waals surface area contributed by atoms with Gasteiger partial charge in [-0.3, -0.25) is 9.59 Å². The van der Waals surface area contributed by atoms with Gasteiger partial charge in [0.2, 0.25) is 0 Å². The molecular formula is C11H10N2O4S. The van der Waals surface area contributed by atoms with E-state index in [-0.39, 0.29) is 23.0 Å². The van der Waals surface area contributed by atoms with E-state index in [1.807, 2.05) is 0 Å². The number of benzene rings is 1. The first kappa shape index (κ1) is 12.4. The van der Waals surface area contributed by atoms with E-state index in [9.17, 15) is 14.4 Å². The minimum Gasteiger partial charge on any atom is -0.481 e. The zero-order valence-corrected chi connectivity index (χ0v) is 10.0. The largest absolute Gasteiger partial charge is 0.481 e. The summed E-state index contributed by atoms with van der Waals surface area (Å²) in [5.74, 6) is -1.11. The summed E-state index contributed by atoms with van der Waals surface area (Å²) < 4.78 is 0. The number of aliphatic carboxylic acids is 1. The molecule has 18 heavy (non-hydrogen) atoms. The number of aromatic amines is 2. The number of fused-ring (bicyclic) bond motifs is 1. The number of nitrogens with one attached hydrogen (secondary N) is 2. The summed E-state index contributed by atoms with van der Waals surface area (Å²) in [7, 11) is 0. The number of carboxylic acid groups (broad SMARTS) is 1. The first-order chi connectivity index (χ1) is 8.56. The first-order valence-corrected chi connectivity index (χ1v) is 6.26. The van der Waals surface area contributed by atoms with Gasteiger partial charge >= 0.3 is 11.7 Å². The lowest BCUT2D eigenvalue weighted by Gasteiger charge is -2.00. The number of Topliss-reactive ketones (excluding diaryl/α,β-unsaturated/α-hetero) is 1. The van der Waals surface area contributed by atoms with Gasteiger partial charge in [-0.05, 0) is 18.2 Å². The van der Waals surface area contributed by atoms with Gasteiger partial charge in [0.15, 0.2) is 5.78 Å². The summed E-state index contributed by atoms with van der Waals surface area (Å²) in [6.45, 7) is 0. The third-order valence-electron chi connectivity index (χ3n) is 2.30. The van der Waals surface area contributed by atoms with E-state index in [0.717, 1.165) is 11.8 Å². The Labute approximate surface area is 105 Å². The van der Waals surface area contributed by atoms with Gasteiger partial charge in [0.1, 0.15) is 0 Å². The van der Waals surface area contributed by atoms with E-state index in [1.165, 1.54) is 0 Å². The zero-order chi connectivity index (χ0) is 13.1. The van der Waals surface area contributed by atoms with Crippen LogP contribution in [0.1, 0.15) is 10.4 Å². The van der Waals surface area contributed by atoms with Crippen molar-refractivity contribution in [2.24, 2.45) is 0 Å². The third kappa shape index (κ3) is 2.80. The Morgan fingerprint density at radius 2 is 1.89 bits per heavy atom. The molecule has 0 radical (unpaired) electrons. The van der Waals surface area contributed by atoms with E-state index in [2.05, 4.69) is 9.97 Å². The summed E-state index contributed by atoms with van der Waals surface area (Å²) >= 11 is 1.05. The number of carbonyl (C=O) groups is 2. The molecule has 0 unspecified atom stereocenters. The molecule has 2 rings (SSSR count). The third-order valence-corrected chi connectivity index (χ3v) is 3.21. The minimum atomic E-state index is -0.946. The predicted octanol–water partition coefficient (Wildman–Crippen LogP) is 0.857. The second-order valence-corrected chi connectivity index (χ2v) is 4.63. The Morgan fingerprint density at radius 1 is 1.17 bits per heavy atom. The molecule has 0 fully saturated rings. The Morgan fingerprint density at radius 3 is 2.61 bits per heavy atom. The van der Waals surface area contributed by atoms with Gasteiger partial charge in [-0.15, -0.1) is 11.8 Å². The van der Waals surface area contributed by atoms with E-state index in [1.54, 1.807) is 18.2 Å². The second kappa shape index (κ2) is 5.09. The number of carbonyl (C=O) groups excluding carboxylic acids is 1. The first-order valence-electron chi connectivity index (χ1n) is 5.11. The topological polar surface area (TPSA) is 103 Å². The van der Waals surface area contributed by atoms with Crippen LogP contribution < -0.4 is 5.69 Å². The average Bonchev–Trinajstić information content (AvgIpc) is 2.67. The standard InChI is InChI=1S/C11H10N2O4S/c14-9(4-18-5-10(15)16)6-1-2-7-8(3-6)13-11(17)12-7/h1-3H,4-5H2,(H,15,16)(H2,12,13,17). The average molecular weight is 266 g/mol. The molecular weight excluding hydrogens is 256 g/mol. The Balaban J connectivity index is 2.12. The van der Waals surface area contributed by atoms with Crippen LogP contribution in [-0.4, -0.2) is 38.3 Å². The maximum absolute atomic E-state index is 11.8. The molecule has 0 aliphatic heterocycles. The number of imidazole rings is 1. The molecule has 0 saturated heterocycles. The van der Waals surface area contributed by atoms with Crippen molar-refractivity contribution in [2.75, 3.05) is 11.5 Å². The molecule has 0 aliphatic rings. The summed E-state index contributed by atoms with van der Waals surface area (Å²) in [5, 5.41) is 8.47. The molecule has 1 aromatic heterocycles. The van der Waals surface area contributed by atoms with Crippen molar-refractivity contribution in [3.05, 3.63) is 34.2 Å². The van der Waals surface area contributed by atoms with Crippen LogP contribution in [0, 0.1) is 0 Å². The fourth-order valence-electron chi connectivity index (χ4n) is 1.52. The fourth-order valence-corrected chi connectivity index (χ4v) is 2.15. The summed E-state index contributed by atoms with van der Waals surface area (Å²) in [6, 6.07) is 4.83. The molecule has 7 heteroatoms. The van der Waals surface area contributed by atoms with Gasteiger partial charge in [-0.1, -0.05) is 0 Å². The SMILES string of the molecule is O=C(O)CSCC(=O)c1ccc2[nH]c(=O)[nH]c2c1. The van der Waals surface area contributed by atoms with Gasteiger partial charge in [-0.25, -0.2) is 4.79 Å². The smallest absolute Gasteiger partial charge is 0.323 e. The van der Waals surface area contributed by atoms with E-state index in [4.69, 9.17) is 5.11 Å². The summed E-state index contributed by atoms with van der Waals surface area (Å²) in [4.78, 5) is 38.3. The molecule has 0 saturated carbocycles. The number of hydrogen-bond donors (Lipinski definition) is 3. The monoisotopic (exact) mass is 266 g/mol. The molecule has 0 aliphatic carbocycles. The number of aromatic nitrogens is 2. The van der Waals surface area contributed by atoms with Crippen LogP contribution in [0.2, 0.25) is 0 Å². The quantitative estimate of drug-likeness (QED) is 0.696. The highest BCUT2D eigenvalue weighted by Crippen LogP contribution is 2.13. The highest BCUT2D eigenvalue weighted by Gasteiger charge is 2.09. The predicted molar refractivity (Wildman–Crippen MR) is 68.2 cm³/mol. The molecule has 1 aromatic carbocycles. The molecule has 2 aromatic rings. The summed E-state index contributed by atoms with van der Waals surface area (Å²) in [6.07, 6.45) is 0. The van der Waals surface area contributed by atoms with Crippen LogP contribution in [0.4, 0.5) is 0 Å². The molecule has 0 amide bonds. The van der Waals surface area contributed by atoms with Crippen molar-refractivity contribution in [1.82, 2.24) is 9.97 Å². The Hall–Kier alpha value is -2.02. The number of H-pyrrole nitrogens is 2. The van der Waals surface area contributed by atoms with Crippen molar-refractivity contribution < 1.29 is 14.7 Å². The van der Waals surface area contributed by atoms with Crippen LogP contribution in [0.3, 0.4) is 0 Å². The van der Waals surface area contributed by atoms with Gasteiger partial charge < -0.3 is 15.1 Å². The minimum absolute atomic E-state index is 0.102. The molecule has 0 atom stereocenters. The number of rotatable bonds is 5. The molecule has 6 nitrogen and oxygen atoms in total. The fraction of sp³-hybridized carbons (Fsp3) is 0.182. The number of ketones is 1. The van der Waals surface area contributed by atoms with Gasteiger partial charge in [-0.2, -0.15) is 0 Å². The molecule has 0 bridgehead atoms. The van der Waals surface area contributed by atoms with Crippen LogP contribution >= 0.6 is 11.8 Å². The Bertz CT molecular complexity index is 658.